The van der Waals surface area contributed by atoms with Crippen LogP contribution in [0.3, 0.4) is 0 Å². The molecule has 25 heavy (non-hydrogen) atoms. The van der Waals surface area contributed by atoms with Gasteiger partial charge < -0.3 is 10.2 Å². The Morgan fingerprint density at radius 1 is 1.24 bits per heavy atom. The lowest BCUT2D eigenvalue weighted by Gasteiger charge is -2.45. The molecule has 0 spiro atoms. The third kappa shape index (κ3) is 2.88. The number of benzene rings is 1. The fourth-order valence-corrected chi connectivity index (χ4v) is 4.20. The third-order valence-electron chi connectivity index (χ3n) is 5.40. The molecule has 1 aromatic heterocycles. The summed E-state index contributed by atoms with van der Waals surface area (Å²) in [6.07, 6.45) is 5.94. The second kappa shape index (κ2) is 6.14. The van der Waals surface area contributed by atoms with E-state index in [-0.39, 0.29) is 18.0 Å². The van der Waals surface area contributed by atoms with E-state index in [4.69, 9.17) is 0 Å². The molecule has 0 bridgehead atoms. The highest BCUT2D eigenvalue weighted by atomic mass is 16.2. The maximum atomic E-state index is 12.4. The van der Waals surface area contributed by atoms with E-state index in [0.29, 0.717) is 11.8 Å². The smallest absolute Gasteiger partial charge is 0.224 e. The van der Waals surface area contributed by atoms with Gasteiger partial charge in [0.1, 0.15) is 5.82 Å². The van der Waals surface area contributed by atoms with E-state index < -0.39 is 0 Å². The number of aromatic nitrogens is 2. The molecular weight excluding hydrogens is 312 g/mol. The molecule has 1 aliphatic heterocycles. The first-order valence-corrected chi connectivity index (χ1v) is 9.00. The maximum Gasteiger partial charge on any atom is 0.224 e. The van der Waals surface area contributed by atoms with Crippen LogP contribution >= 0.6 is 0 Å². The Labute approximate surface area is 148 Å². The quantitative estimate of drug-likeness (QED) is 0.928. The molecular formula is C20H24N4O. The van der Waals surface area contributed by atoms with Crippen molar-refractivity contribution < 1.29 is 4.79 Å². The molecule has 1 unspecified atom stereocenters. The van der Waals surface area contributed by atoms with Crippen LogP contribution in [0.1, 0.15) is 44.0 Å². The molecule has 5 nitrogen and oxygen atoms in total. The number of fused-ring (bicyclic) bond motifs is 1. The average Bonchev–Trinajstić information content (AvgIpc) is 3.41. The zero-order valence-electron chi connectivity index (χ0n) is 14.9. The van der Waals surface area contributed by atoms with Crippen LogP contribution in [-0.4, -0.2) is 21.9 Å². The molecule has 4 rings (SSSR count). The lowest BCUT2D eigenvalue weighted by molar-refractivity contribution is -0.117. The summed E-state index contributed by atoms with van der Waals surface area (Å²) in [6.45, 7) is 5.87. The van der Waals surface area contributed by atoms with E-state index in [9.17, 15) is 4.79 Å². The Morgan fingerprint density at radius 3 is 2.68 bits per heavy atom. The molecule has 0 saturated heterocycles. The first kappa shape index (κ1) is 16.1. The Kier molecular flexibility index (Phi) is 3.94. The molecule has 130 valence electrons. The first-order valence-electron chi connectivity index (χ1n) is 9.00. The molecule has 1 saturated carbocycles. The molecule has 2 aromatic rings. The molecule has 1 amide bonds. The Bertz CT molecular complexity index is 802. The number of aryl methyl sites for hydroxylation is 1. The van der Waals surface area contributed by atoms with E-state index in [2.05, 4.69) is 34.3 Å². The summed E-state index contributed by atoms with van der Waals surface area (Å²) in [5.74, 6) is 1.82. The van der Waals surface area contributed by atoms with Gasteiger partial charge >= 0.3 is 0 Å². The predicted octanol–water partition coefficient (Wildman–Crippen LogP) is 3.72. The minimum atomic E-state index is 0.119. The van der Waals surface area contributed by atoms with Gasteiger partial charge in [0.25, 0.3) is 0 Å². The van der Waals surface area contributed by atoms with Crippen LogP contribution in [-0.2, 0) is 4.79 Å². The van der Waals surface area contributed by atoms with E-state index >= 15 is 0 Å². The fourth-order valence-electron chi connectivity index (χ4n) is 4.20. The van der Waals surface area contributed by atoms with E-state index in [1.165, 1.54) is 12.8 Å². The summed E-state index contributed by atoms with van der Waals surface area (Å²) in [7, 11) is 0. The van der Waals surface area contributed by atoms with E-state index in [1.807, 2.05) is 24.0 Å². The van der Waals surface area contributed by atoms with Crippen molar-refractivity contribution in [3.63, 3.8) is 0 Å². The summed E-state index contributed by atoms with van der Waals surface area (Å²) in [4.78, 5) is 23.3. The molecule has 1 N–H and O–H groups in total. The van der Waals surface area contributed by atoms with Gasteiger partial charge in [-0.15, -0.1) is 0 Å². The summed E-state index contributed by atoms with van der Waals surface area (Å²) in [5, 5.41) is 3.59. The van der Waals surface area contributed by atoms with Gasteiger partial charge in [0.05, 0.1) is 17.9 Å². The van der Waals surface area contributed by atoms with Crippen LogP contribution in [0.2, 0.25) is 0 Å². The number of rotatable bonds is 3. The number of nitrogens with one attached hydrogen (secondary N) is 1. The van der Waals surface area contributed by atoms with Gasteiger partial charge in [-0.3, -0.25) is 9.78 Å². The van der Waals surface area contributed by atoms with Gasteiger partial charge in [0, 0.05) is 30.8 Å². The normalized spacial score (nSPS) is 25.4. The summed E-state index contributed by atoms with van der Waals surface area (Å²) < 4.78 is 0. The molecule has 0 radical (unpaired) electrons. The van der Waals surface area contributed by atoms with Crippen molar-refractivity contribution in [2.24, 2.45) is 11.8 Å². The van der Waals surface area contributed by atoms with Crippen molar-refractivity contribution in [3.8, 4) is 0 Å². The average molecular weight is 336 g/mol. The van der Waals surface area contributed by atoms with Crippen molar-refractivity contribution in [1.82, 2.24) is 9.97 Å². The number of carbonyl (C=O) groups is 1. The molecule has 1 aliphatic carbocycles. The number of carbonyl (C=O) groups excluding carboxylic acids is 1. The van der Waals surface area contributed by atoms with Crippen molar-refractivity contribution >= 4 is 17.4 Å². The van der Waals surface area contributed by atoms with E-state index in [0.717, 1.165) is 22.8 Å². The highest BCUT2D eigenvalue weighted by molar-refractivity contribution is 5.94. The molecule has 3 atom stereocenters. The van der Waals surface area contributed by atoms with Crippen LogP contribution < -0.4 is 10.2 Å². The number of hydrogen-bond donors (Lipinski definition) is 1. The van der Waals surface area contributed by atoms with Gasteiger partial charge in [0.2, 0.25) is 5.91 Å². The number of amides is 1. The molecule has 5 heteroatoms. The Balaban J connectivity index is 1.77. The predicted molar refractivity (Wildman–Crippen MR) is 98.4 cm³/mol. The van der Waals surface area contributed by atoms with Gasteiger partial charge in [-0.05, 0) is 37.3 Å². The highest BCUT2D eigenvalue weighted by Crippen LogP contribution is 2.49. The lowest BCUT2D eigenvalue weighted by Crippen LogP contribution is -2.51. The Morgan fingerprint density at radius 2 is 2.00 bits per heavy atom. The van der Waals surface area contributed by atoms with Crippen LogP contribution in [0.25, 0.3) is 0 Å². The number of nitrogens with zero attached hydrogens (tertiary/aromatic N) is 3. The lowest BCUT2D eigenvalue weighted by atomic mass is 9.80. The largest absolute Gasteiger partial charge is 0.362 e. The zero-order valence-corrected chi connectivity index (χ0v) is 14.9. The third-order valence-corrected chi connectivity index (χ3v) is 5.40. The Hall–Kier alpha value is -2.43. The maximum absolute atomic E-state index is 12.4. The van der Waals surface area contributed by atoms with Crippen molar-refractivity contribution in [2.45, 2.75) is 45.7 Å². The molecule has 1 aromatic carbocycles. The van der Waals surface area contributed by atoms with Crippen LogP contribution in [0.4, 0.5) is 11.5 Å². The topological polar surface area (TPSA) is 58.1 Å². The monoisotopic (exact) mass is 336 g/mol. The molecule has 1 fully saturated rings. The van der Waals surface area contributed by atoms with Crippen LogP contribution in [0.15, 0.2) is 36.7 Å². The minimum Gasteiger partial charge on any atom is -0.362 e. The number of anilines is 2. The van der Waals surface area contributed by atoms with Crippen LogP contribution in [0, 0.1) is 18.8 Å². The molecule has 2 heterocycles. The summed E-state index contributed by atoms with van der Waals surface area (Å²) in [6, 6.07) is 8.59. The van der Waals surface area contributed by atoms with Crippen molar-refractivity contribution in [2.75, 3.05) is 10.2 Å². The fraction of sp³-hybridized carbons (Fsp3) is 0.450. The standard InChI is InChI=1S/C20H24N4O/c1-12-10-21-11-18(22-12)23-19-13(2)20(15-8-9-15)24(14(3)25)17-7-5-4-6-16(17)19/h4-7,10-11,13,15,19-20H,8-9H2,1-3H3,(H,22,23)/t13-,19?,20-/m1/s1. The SMILES string of the molecule is CC(=O)N1c2ccccc2C(Nc2cncc(C)n2)[C@@H](C)[C@@H]1C1CC1. The zero-order chi connectivity index (χ0) is 17.6. The van der Waals surface area contributed by atoms with Gasteiger partial charge in [-0.2, -0.15) is 0 Å². The number of hydrogen-bond acceptors (Lipinski definition) is 4. The van der Waals surface area contributed by atoms with Crippen LogP contribution in [0.5, 0.6) is 0 Å². The second-order valence-electron chi connectivity index (χ2n) is 7.30. The van der Waals surface area contributed by atoms with Crippen molar-refractivity contribution in [3.05, 3.63) is 47.9 Å². The van der Waals surface area contributed by atoms with Crippen molar-refractivity contribution in [1.29, 1.82) is 0 Å². The van der Waals surface area contributed by atoms with Gasteiger partial charge in [0.15, 0.2) is 0 Å². The highest BCUT2D eigenvalue weighted by Gasteiger charge is 2.47. The second-order valence-corrected chi connectivity index (χ2v) is 7.30. The number of para-hydroxylation sites is 1. The first-order chi connectivity index (χ1) is 12.1. The molecule has 2 aliphatic rings. The summed E-state index contributed by atoms with van der Waals surface area (Å²) in [5.41, 5.74) is 3.08. The van der Waals surface area contributed by atoms with Gasteiger partial charge in [-0.1, -0.05) is 25.1 Å². The van der Waals surface area contributed by atoms with E-state index in [1.54, 1.807) is 19.3 Å². The minimum absolute atomic E-state index is 0.119. The van der Waals surface area contributed by atoms with Gasteiger partial charge in [-0.25, -0.2) is 4.98 Å². The summed E-state index contributed by atoms with van der Waals surface area (Å²) >= 11 is 0.